The molecule has 0 atom stereocenters. The van der Waals surface area contributed by atoms with Crippen LogP contribution in [0.5, 0.6) is 5.75 Å². The molecule has 0 saturated carbocycles. The molecule has 2 aromatic carbocycles. The number of benzene rings is 2. The van der Waals surface area contributed by atoms with Gasteiger partial charge >= 0.3 is 0 Å². The lowest BCUT2D eigenvalue weighted by atomic mass is 10.1. The Morgan fingerprint density at radius 1 is 1.06 bits per heavy atom. The number of nitrogens with zero attached hydrogens (tertiary/aromatic N) is 3. The predicted molar refractivity (Wildman–Crippen MR) is 127 cm³/mol. The van der Waals surface area contributed by atoms with Crippen LogP contribution >= 0.6 is 0 Å². The van der Waals surface area contributed by atoms with E-state index in [4.69, 9.17) is 4.74 Å². The van der Waals surface area contributed by atoms with Crippen molar-refractivity contribution in [3.05, 3.63) is 65.9 Å². The summed E-state index contributed by atoms with van der Waals surface area (Å²) in [6, 6.07) is 15.2. The van der Waals surface area contributed by atoms with E-state index < -0.39 is 0 Å². The minimum absolute atomic E-state index is 0.0267. The van der Waals surface area contributed by atoms with E-state index in [9.17, 15) is 4.79 Å². The highest BCUT2D eigenvalue weighted by molar-refractivity contribution is 5.95. The number of likely N-dealkylation sites (tertiary alicyclic amines) is 1. The van der Waals surface area contributed by atoms with Crippen LogP contribution in [-0.4, -0.2) is 46.9 Å². The van der Waals surface area contributed by atoms with Gasteiger partial charge in [0.1, 0.15) is 18.2 Å². The van der Waals surface area contributed by atoms with Gasteiger partial charge in [-0.05, 0) is 76.2 Å². The Morgan fingerprint density at radius 2 is 1.84 bits per heavy atom. The van der Waals surface area contributed by atoms with Crippen LogP contribution in [0.2, 0.25) is 0 Å². The summed E-state index contributed by atoms with van der Waals surface area (Å²) in [7, 11) is 0. The second-order valence-electron chi connectivity index (χ2n) is 8.03. The SMILES string of the molecule is CC(=O)c1cccc(Nc2nc(Nc3ccc(OCCN4CCCC4)cc3)ncc2C)c1. The van der Waals surface area contributed by atoms with Crippen molar-refractivity contribution in [2.75, 3.05) is 36.9 Å². The molecule has 2 heterocycles. The van der Waals surface area contributed by atoms with Gasteiger partial charge in [0.15, 0.2) is 5.78 Å². The first kappa shape index (κ1) is 21.8. The fourth-order valence-corrected chi connectivity index (χ4v) is 3.64. The first-order valence-electron chi connectivity index (χ1n) is 11.0. The van der Waals surface area contributed by atoms with E-state index >= 15 is 0 Å². The second kappa shape index (κ2) is 10.2. The fraction of sp³-hybridized carbons (Fsp3) is 0.320. The molecule has 32 heavy (non-hydrogen) atoms. The lowest BCUT2D eigenvalue weighted by molar-refractivity contribution is 0.101. The number of rotatable bonds is 9. The van der Waals surface area contributed by atoms with Gasteiger partial charge in [0, 0.05) is 35.2 Å². The topological polar surface area (TPSA) is 79.4 Å². The number of hydrogen-bond donors (Lipinski definition) is 2. The molecule has 0 unspecified atom stereocenters. The smallest absolute Gasteiger partial charge is 0.229 e. The Morgan fingerprint density at radius 3 is 2.59 bits per heavy atom. The molecule has 0 radical (unpaired) electrons. The van der Waals surface area contributed by atoms with Crippen LogP contribution in [0.1, 0.15) is 35.7 Å². The number of ketones is 1. The number of nitrogens with one attached hydrogen (secondary N) is 2. The van der Waals surface area contributed by atoms with Gasteiger partial charge in [-0.1, -0.05) is 12.1 Å². The molecule has 0 spiro atoms. The monoisotopic (exact) mass is 431 g/mol. The van der Waals surface area contributed by atoms with Crippen LogP contribution < -0.4 is 15.4 Å². The lowest BCUT2D eigenvalue weighted by Crippen LogP contribution is -2.25. The molecule has 7 nitrogen and oxygen atoms in total. The molecule has 7 heteroatoms. The average Bonchev–Trinajstić information content (AvgIpc) is 3.31. The van der Waals surface area contributed by atoms with Gasteiger partial charge in [-0.15, -0.1) is 0 Å². The molecule has 1 aliphatic heterocycles. The predicted octanol–water partition coefficient (Wildman–Crippen LogP) is 4.95. The number of aromatic nitrogens is 2. The van der Waals surface area contributed by atoms with Crippen molar-refractivity contribution in [1.82, 2.24) is 14.9 Å². The minimum Gasteiger partial charge on any atom is -0.492 e. The van der Waals surface area contributed by atoms with Crippen molar-refractivity contribution in [1.29, 1.82) is 0 Å². The third-order valence-corrected chi connectivity index (χ3v) is 5.49. The number of anilines is 4. The van der Waals surface area contributed by atoms with Crippen LogP contribution in [0.15, 0.2) is 54.7 Å². The normalized spacial score (nSPS) is 13.7. The van der Waals surface area contributed by atoms with Gasteiger partial charge in [0.2, 0.25) is 5.95 Å². The van der Waals surface area contributed by atoms with E-state index in [1.807, 2.05) is 49.4 Å². The number of carbonyl (C=O) groups excluding carboxylic acids is 1. The lowest BCUT2D eigenvalue weighted by Gasteiger charge is -2.15. The highest BCUT2D eigenvalue weighted by atomic mass is 16.5. The standard InChI is InChI=1S/C25H29N5O2/c1-18-17-26-25(29-24(18)27-22-7-5-6-20(16-22)19(2)31)28-21-8-10-23(11-9-21)32-15-14-30-12-3-4-13-30/h5-11,16-17H,3-4,12-15H2,1-2H3,(H2,26,27,28,29). The molecule has 0 aliphatic carbocycles. The maximum Gasteiger partial charge on any atom is 0.229 e. The molecule has 1 aliphatic rings. The number of Topliss-reactive ketones (excluding diaryl/α,β-unsaturated/α-hetero) is 1. The van der Waals surface area contributed by atoms with Crippen molar-refractivity contribution < 1.29 is 9.53 Å². The second-order valence-corrected chi connectivity index (χ2v) is 8.03. The summed E-state index contributed by atoms with van der Waals surface area (Å²) in [4.78, 5) is 23.1. The zero-order valence-corrected chi connectivity index (χ0v) is 18.6. The van der Waals surface area contributed by atoms with Crippen molar-refractivity contribution in [2.45, 2.75) is 26.7 Å². The Bertz CT molecular complexity index is 1060. The molecule has 1 aromatic heterocycles. The van der Waals surface area contributed by atoms with Gasteiger partial charge in [-0.3, -0.25) is 9.69 Å². The zero-order valence-electron chi connectivity index (χ0n) is 18.6. The Labute approximate surface area is 188 Å². The maximum absolute atomic E-state index is 11.6. The van der Waals surface area contributed by atoms with E-state index in [0.717, 1.165) is 29.2 Å². The van der Waals surface area contributed by atoms with E-state index in [0.29, 0.717) is 23.9 Å². The van der Waals surface area contributed by atoms with Crippen LogP contribution in [0.3, 0.4) is 0 Å². The van der Waals surface area contributed by atoms with Crippen LogP contribution in [-0.2, 0) is 0 Å². The van der Waals surface area contributed by atoms with Crippen molar-refractivity contribution >= 4 is 28.9 Å². The third kappa shape index (κ3) is 5.82. The maximum atomic E-state index is 11.6. The quantitative estimate of drug-likeness (QED) is 0.464. The van der Waals surface area contributed by atoms with Gasteiger partial charge in [0.05, 0.1) is 0 Å². The summed E-state index contributed by atoms with van der Waals surface area (Å²) in [6.07, 6.45) is 4.36. The Balaban J connectivity index is 1.37. The number of aryl methyl sites for hydroxylation is 1. The highest BCUT2D eigenvalue weighted by Gasteiger charge is 2.11. The van der Waals surface area contributed by atoms with Gasteiger partial charge < -0.3 is 15.4 Å². The van der Waals surface area contributed by atoms with Gasteiger partial charge in [0.25, 0.3) is 0 Å². The number of carbonyl (C=O) groups is 1. The Hall–Kier alpha value is -3.45. The molecule has 3 aromatic rings. The highest BCUT2D eigenvalue weighted by Crippen LogP contribution is 2.23. The average molecular weight is 432 g/mol. The Kier molecular flexibility index (Phi) is 6.97. The summed E-state index contributed by atoms with van der Waals surface area (Å²) >= 11 is 0. The first-order chi connectivity index (χ1) is 15.6. The first-order valence-corrected chi connectivity index (χ1v) is 11.0. The number of ether oxygens (including phenoxy) is 1. The van der Waals surface area contributed by atoms with E-state index in [-0.39, 0.29) is 5.78 Å². The largest absolute Gasteiger partial charge is 0.492 e. The van der Waals surface area contributed by atoms with Gasteiger partial charge in [-0.25, -0.2) is 4.98 Å². The molecule has 166 valence electrons. The number of hydrogen-bond acceptors (Lipinski definition) is 7. The summed E-state index contributed by atoms with van der Waals surface area (Å²) in [5, 5.41) is 6.52. The summed E-state index contributed by atoms with van der Waals surface area (Å²) in [6.45, 7) is 7.54. The van der Waals surface area contributed by atoms with Crippen LogP contribution in [0, 0.1) is 6.92 Å². The summed E-state index contributed by atoms with van der Waals surface area (Å²) in [5.41, 5.74) is 3.25. The molecule has 0 bridgehead atoms. The molecule has 2 N–H and O–H groups in total. The van der Waals surface area contributed by atoms with E-state index in [2.05, 4.69) is 25.5 Å². The minimum atomic E-state index is 0.0267. The third-order valence-electron chi connectivity index (χ3n) is 5.49. The fourth-order valence-electron chi connectivity index (χ4n) is 3.64. The molecule has 1 fully saturated rings. The zero-order chi connectivity index (χ0) is 22.3. The molecule has 4 rings (SSSR count). The van der Waals surface area contributed by atoms with Crippen molar-refractivity contribution in [3.8, 4) is 5.75 Å². The van der Waals surface area contributed by atoms with Crippen LogP contribution in [0.25, 0.3) is 0 Å². The molecular weight excluding hydrogens is 402 g/mol. The van der Waals surface area contributed by atoms with Crippen LogP contribution in [0.4, 0.5) is 23.1 Å². The van der Waals surface area contributed by atoms with Crippen molar-refractivity contribution in [2.24, 2.45) is 0 Å². The van der Waals surface area contributed by atoms with Gasteiger partial charge in [-0.2, -0.15) is 4.98 Å². The van der Waals surface area contributed by atoms with Crippen molar-refractivity contribution in [3.63, 3.8) is 0 Å². The molecular formula is C25H29N5O2. The summed E-state index contributed by atoms with van der Waals surface area (Å²) < 4.78 is 5.87. The molecule has 1 saturated heterocycles. The van der Waals surface area contributed by atoms with E-state index in [1.165, 1.54) is 25.9 Å². The van der Waals surface area contributed by atoms with E-state index in [1.54, 1.807) is 19.2 Å². The summed E-state index contributed by atoms with van der Waals surface area (Å²) in [5.74, 6) is 2.06. The molecule has 0 amide bonds.